The third-order valence-corrected chi connectivity index (χ3v) is 5.86. The van der Waals surface area contributed by atoms with Gasteiger partial charge in [-0.15, -0.1) is 0 Å². The van der Waals surface area contributed by atoms with Gasteiger partial charge in [-0.25, -0.2) is 0 Å². The van der Waals surface area contributed by atoms with Crippen molar-refractivity contribution in [1.82, 2.24) is 15.1 Å². The molecule has 1 N–H and O–H groups in total. The Morgan fingerprint density at radius 1 is 1.19 bits per heavy atom. The Kier molecular flexibility index (Phi) is 4.02. The van der Waals surface area contributed by atoms with Crippen LogP contribution < -0.4 is 5.32 Å². The summed E-state index contributed by atoms with van der Waals surface area (Å²) in [7, 11) is 2.23. The zero-order valence-corrected chi connectivity index (χ0v) is 13.9. The largest absolute Gasteiger partial charge is 0.299 e. The quantitative estimate of drug-likeness (QED) is 0.863. The molecule has 1 saturated heterocycles. The maximum Gasteiger partial charge on any atom is 0.108 e. The molecule has 0 amide bonds. The molecule has 3 rings (SSSR count). The summed E-state index contributed by atoms with van der Waals surface area (Å²) in [6.45, 7) is 8.08. The Balaban J connectivity index is 1.66. The van der Waals surface area contributed by atoms with Crippen molar-refractivity contribution in [2.75, 3.05) is 26.7 Å². The number of piperazine rings is 1. The monoisotopic (exact) mass is 290 g/mol. The van der Waals surface area contributed by atoms with E-state index < -0.39 is 0 Å². The Morgan fingerprint density at radius 2 is 1.95 bits per heavy atom. The maximum absolute atomic E-state index is 9.74. The number of nitrogens with zero attached hydrogens (tertiary/aromatic N) is 3. The fourth-order valence-electron chi connectivity index (χ4n) is 4.03. The predicted molar refractivity (Wildman–Crippen MR) is 85.0 cm³/mol. The number of rotatable bonds is 3. The van der Waals surface area contributed by atoms with Crippen LogP contribution in [0.3, 0.4) is 0 Å². The van der Waals surface area contributed by atoms with Crippen LogP contribution in [0.1, 0.15) is 52.4 Å². The zero-order valence-electron chi connectivity index (χ0n) is 13.9. The summed E-state index contributed by atoms with van der Waals surface area (Å²) in [6.07, 6.45) is 7.01. The van der Waals surface area contributed by atoms with E-state index in [0.717, 1.165) is 32.5 Å². The Bertz CT molecular complexity index is 423. The molecule has 3 aliphatic rings. The van der Waals surface area contributed by atoms with E-state index in [4.69, 9.17) is 0 Å². The molecule has 2 aliphatic carbocycles. The van der Waals surface area contributed by atoms with Crippen molar-refractivity contribution in [2.45, 2.75) is 75.5 Å². The van der Waals surface area contributed by atoms with Gasteiger partial charge in [-0.05, 0) is 59.4 Å². The molecule has 2 saturated carbocycles. The van der Waals surface area contributed by atoms with Crippen LogP contribution in [-0.4, -0.2) is 59.6 Å². The normalized spacial score (nSPS) is 38.1. The number of nitrogens with one attached hydrogen (secondary N) is 1. The highest BCUT2D eigenvalue weighted by Gasteiger charge is 2.43. The highest BCUT2D eigenvalue weighted by atomic mass is 15.3. The molecule has 2 atom stereocenters. The summed E-state index contributed by atoms with van der Waals surface area (Å²) in [6, 6.07) is 3.84. The van der Waals surface area contributed by atoms with E-state index in [0.29, 0.717) is 12.1 Å². The fraction of sp³-hybridized carbons (Fsp3) is 0.941. The smallest absolute Gasteiger partial charge is 0.108 e. The van der Waals surface area contributed by atoms with Gasteiger partial charge in [-0.2, -0.15) is 5.26 Å². The van der Waals surface area contributed by atoms with Crippen LogP contribution in [0.4, 0.5) is 0 Å². The van der Waals surface area contributed by atoms with Gasteiger partial charge in [0.1, 0.15) is 5.54 Å². The Labute approximate surface area is 129 Å². The summed E-state index contributed by atoms with van der Waals surface area (Å²) in [5.41, 5.74) is -0.00744. The minimum absolute atomic E-state index is 0.245. The highest BCUT2D eigenvalue weighted by molar-refractivity contribution is 5.14. The zero-order chi connectivity index (χ0) is 15.1. The molecule has 0 aromatic heterocycles. The molecule has 4 heteroatoms. The molecule has 4 nitrogen and oxygen atoms in total. The molecule has 118 valence electrons. The van der Waals surface area contributed by atoms with E-state index in [2.05, 4.69) is 42.1 Å². The van der Waals surface area contributed by atoms with Crippen molar-refractivity contribution in [3.63, 3.8) is 0 Å². The minimum Gasteiger partial charge on any atom is -0.299 e. The number of likely N-dealkylation sites (N-methyl/N-ethyl adjacent to an activating group) is 1. The van der Waals surface area contributed by atoms with Gasteiger partial charge in [0.05, 0.1) is 6.07 Å². The predicted octanol–water partition coefficient (Wildman–Crippen LogP) is 1.97. The lowest BCUT2D eigenvalue weighted by molar-refractivity contribution is 0.000138. The lowest BCUT2D eigenvalue weighted by Crippen LogP contribution is -2.62. The molecule has 0 aromatic carbocycles. The minimum atomic E-state index is -0.252. The second kappa shape index (κ2) is 5.53. The number of hydrogen-bond acceptors (Lipinski definition) is 4. The van der Waals surface area contributed by atoms with Gasteiger partial charge in [-0.1, -0.05) is 0 Å². The van der Waals surface area contributed by atoms with Crippen molar-refractivity contribution in [3.8, 4) is 6.07 Å². The molecule has 3 fully saturated rings. The highest BCUT2D eigenvalue weighted by Crippen LogP contribution is 2.35. The van der Waals surface area contributed by atoms with Gasteiger partial charge < -0.3 is 0 Å². The summed E-state index contributed by atoms with van der Waals surface area (Å²) in [5.74, 6) is 0. The third-order valence-electron chi connectivity index (χ3n) is 5.86. The second-order valence-corrected chi connectivity index (χ2v) is 8.07. The molecule has 21 heavy (non-hydrogen) atoms. The number of nitriles is 1. The van der Waals surface area contributed by atoms with Crippen LogP contribution >= 0.6 is 0 Å². The third kappa shape index (κ3) is 3.26. The van der Waals surface area contributed by atoms with Crippen molar-refractivity contribution in [2.24, 2.45) is 0 Å². The fourth-order valence-corrected chi connectivity index (χ4v) is 4.03. The van der Waals surface area contributed by atoms with E-state index in [1.54, 1.807) is 0 Å². The molecular formula is C17H30N4. The van der Waals surface area contributed by atoms with Crippen molar-refractivity contribution in [1.29, 1.82) is 5.26 Å². The van der Waals surface area contributed by atoms with Crippen molar-refractivity contribution >= 4 is 0 Å². The second-order valence-electron chi connectivity index (χ2n) is 8.07. The SMILES string of the molecule is CN1CCN(C2CCCC(C#N)(NC3CC3)C2)CC1(C)C. The molecule has 0 bridgehead atoms. The van der Waals surface area contributed by atoms with Crippen LogP contribution in [0, 0.1) is 11.3 Å². The van der Waals surface area contributed by atoms with Gasteiger partial charge in [-0.3, -0.25) is 15.1 Å². The average molecular weight is 290 g/mol. The lowest BCUT2D eigenvalue weighted by atomic mass is 9.78. The van der Waals surface area contributed by atoms with Crippen LogP contribution in [-0.2, 0) is 0 Å². The molecule has 1 aliphatic heterocycles. The van der Waals surface area contributed by atoms with Gasteiger partial charge in [0, 0.05) is 37.3 Å². The first-order chi connectivity index (χ1) is 9.94. The molecule has 0 radical (unpaired) electrons. The molecular weight excluding hydrogens is 260 g/mol. The topological polar surface area (TPSA) is 42.3 Å². The first-order valence-electron chi connectivity index (χ1n) is 8.58. The first kappa shape index (κ1) is 15.3. The average Bonchev–Trinajstić information content (AvgIpc) is 3.26. The van der Waals surface area contributed by atoms with E-state index in [1.807, 2.05) is 0 Å². The molecule has 1 heterocycles. The molecule has 0 spiro atoms. The van der Waals surface area contributed by atoms with E-state index in [1.165, 1.54) is 25.7 Å². The Morgan fingerprint density at radius 3 is 2.57 bits per heavy atom. The summed E-state index contributed by atoms with van der Waals surface area (Å²) >= 11 is 0. The summed E-state index contributed by atoms with van der Waals surface area (Å²) in [5, 5.41) is 13.4. The van der Waals surface area contributed by atoms with Crippen molar-refractivity contribution < 1.29 is 0 Å². The van der Waals surface area contributed by atoms with Gasteiger partial charge in [0.2, 0.25) is 0 Å². The molecule has 0 aromatic rings. The van der Waals surface area contributed by atoms with Gasteiger partial charge >= 0.3 is 0 Å². The number of hydrogen-bond donors (Lipinski definition) is 1. The Hall–Kier alpha value is -0.630. The van der Waals surface area contributed by atoms with Crippen LogP contribution in [0.25, 0.3) is 0 Å². The van der Waals surface area contributed by atoms with E-state index in [9.17, 15) is 5.26 Å². The van der Waals surface area contributed by atoms with Gasteiger partial charge in [0.25, 0.3) is 0 Å². The summed E-state index contributed by atoms with van der Waals surface area (Å²) in [4.78, 5) is 5.12. The van der Waals surface area contributed by atoms with Crippen molar-refractivity contribution in [3.05, 3.63) is 0 Å². The van der Waals surface area contributed by atoms with Gasteiger partial charge in [0.15, 0.2) is 0 Å². The van der Waals surface area contributed by atoms with E-state index >= 15 is 0 Å². The molecule has 2 unspecified atom stereocenters. The summed E-state index contributed by atoms with van der Waals surface area (Å²) < 4.78 is 0. The van der Waals surface area contributed by atoms with Crippen LogP contribution in [0.5, 0.6) is 0 Å². The first-order valence-corrected chi connectivity index (χ1v) is 8.58. The standard InChI is InChI=1S/C17H30N4/c1-16(2)13-21(10-9-20(16)3)15-5-4-8-17(11-15,12-18)19-14-6-7-14/h14-15,19H,4-11,13H2,1-3H3. The lowest BCUT2D eigenvalue weighted by Gasteiger charge is -2.50. The van der Waals surface area contributed by atoms with E-state index in [-0.39, 0.29) is 11.1 Å². The maximum atomic E-state index is 9.74. The van der Waals surface area contributed by atoms with Crippen LogP contribution in [0.2, 0.25) is 0 Å². The van der Waals surface area contributed by atoms with Crippen LogP contribution in [0.15, 0.2) is 0 Å².